The van der Waals surface area contributed by atoms with Gasteiger partial charge >= 0.3 is 0 Å². The molecule has 6 nitrogen and oxygen atoms in total. The molecule has 2 aromatic carbocycles. The van der Waals surface area contributed by atoms with E-state index in [4.69, 9.17) is 0 Å². The first kappa shape index (κ1) is 21.7. The number of hydrogen-bond donors (Lipinski definition) is 1. The van der Waals surface area contributed by atoms with E-state index in [1.165, 1.54) is 17.5 Å². The smallest absolute Gasteiger partial charge is 0.234 e. The van der Waals surface area contributed by atoms with Crippen LogP contribution in [-0.2, 0) is 11.2 Å². The van der Waals surface area contributed by atoms with E-state index < -0.39 is 0 Å². The van der Waals surface area contributed by atoms with E-state index in [0.717, 1.165) is 17.7 Å². The standard InChI is InChI=1S/C24H31N5O/c1-18(2)21-7-5-20(6-8-21)13-14-26-24(30)15-28(4)19(3)22-9-11-23(12-10-22)29-17-25-16-27-29/h5-12,16-19H,13-15H2,1-4H3,(H,26,30). The first-order chi connectivity index (χ1) is 14.4. The molecule has 1 unspecified atom stereocenters. The van der Waals surface area contributed by atoms with Crippen LogP contribution in [0.5, 0.6) is 0 Å². The third-order valence-corrected chi connectivity index (χ3v) is 5.50. The number of carbonyl (C=O) groups excluding carboxylic acids is 1. The van der Waals surface area contributed by atoms with E-state index in [2.05, 4.69) is 77.5 Å². The van der Waals surface area contributed by atoms with Gasteiger partial charge in [0.25, 0.3) is 0 Å². The lowest BCUT2D eigenvalue weighted by molar-refractivity contribution is -0.122. The number of carbonyl (C=O) groups is 1. The Morgan fingerprint density at radius 1 is 1.03 bits per heavy atom. The van der Waals surface area contributed by atoms with Gasteiger partial charge in [-0.1, -0.05) is 50.2 Å². The minimum absolute atomic E-state index is 0.0439. The number of amides is 1. The summed E-state index contributed by atoms with van der Waals surface area (Å²) in [6.07, 6.45) is 4.03. The van der Waals surface area contributed by atoms with E-state index in [-0.39, 0.29) is 11.9 Å². The third kappa shape index (κ3) is 5.76. The maximum Gasteiger partial charge on any atom is 0.234 e. The van der Waals surface area contributed by atoms with Crippen LogP contribution in [0, 0.1) is 0 Å². The first-order valence-corrected chi connectivity index (χ1v) is 10.4. The molecule has 0 saturated heterocycles. The van der Waals surface area contributed by atoms with Crippen molar-refractivity contribution in [3.05, 3.63) is 77.9 Å². The van der Waals surface area contributed by atoms with E-state index in [1.54, 1.807) is 11.0 Å². The van der Waals surface area contributed by atoms with Gasteiger partial charge in [0.15, 0.2) is 0 Å². The normalized spacial score (nSPS) is 12.3. The fourth-order valence-corrected chi connectivity index (χ4v) is 3.34. The van der Waals surface area contributed by atoms with E-state index in [1.807, 2.05) is 19.2 Å². The summed E-state index contributed by atoms with van der Waals surface area (Å²) in [5.41, 5.74) is 4.70. The van der Waals surface area contributed by atoms with Gasteiger partial charge in [-0.2, -0.15) is 5.10 Å². The molecule has 0 saturated carbocycles. The highest BCUT2D eigenvalue weighted by Crippen LogP contribution is 2.20. The fourth-order valence-electron chi connectivity index (χ4n) is 3.34. The molecule has 3 aromatic rings. The zero-order valence-electron chi connectivity index (χ0n) is 18.2. The lowest BCUT2D eigenvalue weighted by Gasteiger charge is -2.24. The number of hydrogen-bond acceptors (Lipinski definition) is 4. The summed E-state index contributed by atoms with van der Waals surface area (Å²) < 4.78 is 1.72. The van der Waals surface area contributed by atoms with Crippen LogP contribution in [0.3, 0.4) is 0 Å². The predicted octanol–water partition coefficient (Wildman–Crippen LogP) is 3.74. The molecule has 1 aromatic heterocycles. The van der Waals surface area contributed by atoms with Crippen LogP contribution in [0.2, 0.25) is 0 Å². The van der Waals surface area contributed by atoms with Crippen molar-refractivity contribution in [2.24, 2.45) is 0 Å². The van der Waals surface area contributed by atoms with Gasteiger partial charge in [-0.3, -0.25) is 9.69 Å². The molecule has 0 bridgehead atoms. The minimum Gasteiger partial charge on any atom is -0.355 e. The highest BCUT2D eigenvalue weighted by Gasteiger charge is 2.15. The number of rotatable bonds is 9. The van der Waals surface area contributed by atoms with Crippen molar-refractivity contribution in [3.8, 4) is 5.69 Å². The molecule has 6 heteroatoms. The Bertz CT molecular complexity index is 917. The lowest BCUT2D eigenvalue weighted by atomic mass is 10.0. The average molecular weight is 406 g/mol. The van der Waals surface area contributed by atoms with Crippen molar-refractivity contribution < 1.29 is 4.79 Å². The Morgan fingerprint density at radius 2 is 1.70 bits per heavy atom. The van der Waals surface area contributed by atoms with Gasteiger partial charge in [0, 0.05) is 12.6 Å². The van der Waals surface area contributed by atoms with E-state index >= 15 is 0 Å². The second-order valence-corrected chi connectivity index (χ2v) is 8.02. The summed E-state index contributed by atoms with van der Waals surface area (Å²) in [7, 11) is 1.97. The maximum absolute atomic E-state index is 12.4. The third-order valence-electron chi connectivity index (χ3n) is 5.50. The van der Waals surface area contributed by atoms with E-state index in [9.17, 15) is 4.79 Å². The van der Waals surface area contributed by atoms with Gasteiger partial charge in [-0.25, -0.2) is 9.67 Å². The summed E-state index contributed by atoms with van der Waals surface area (Å²) in [6.45, 7) is 7.50. The molecule has 0 radical (unpaired) electrons. The molecular weight excluding hydrogens is 374 g/mol. The van der Waals surface area contributed by atoms with Gasteiger partial charge in [0.05, 0.1) is 12.2 Å². The predicted molar refractivity (Wildman–Crippen MR) is 120 cm³/mol. The molecule has 1 amide bonds. The van der Waals surface area contributed by atoms with Crippen molar-refractivity contribution in [1.29, 1.82) is 0 Å². The molecule has 0 aliphatic carbocycles. The summed E-state index contributed by atoms with van der Waals surface area (Å²) in [5, 5.41) is 7.17. The van der Waals surface area contributed by atoms with Crippen LogP contribution in [0.4, 0.5) is 0 Å². The number of nitrogens with one attached hydrogen (secondary N) is 1. The van der Waals surface area contributed by atoms with Crippen LogP contribution >= 0.6 is 0 Å². The molecule has 0 spiro atoms. The zero-order valence-corrected chi connectivity index (χ0v) is 18.2. The van der Waals surface area contributed by atoms with Crippen LogP contribution in [0.25, 0.3) is 5.69 Å². The van der Waals surface area contributed by atoms with Gasteiger partial charge in [-0.15, -0.1) is 0 Å². The maximum atomic E-state index is 12.4. The topological polar surface area (TPSA) is 63.1 Å². The molecule has 1 N–H and O–H groups in total. The largest absolute Gasteiger partial charge is 0.355 e. The summed E-state index contributed by atoms with van der Waals surface area (Å²) in [6, 6.07) is 16.9. The molecule has 158 valence electrons. The van der Waals surface area contributed by atoms with Gasteiger partial charge < -0.3 is 5.32 Å². The molecule has 3 rings (SSSR count). The Hall–Kier alpha value is -2.99. The molecule has 30 heavy (non-hydrogen) atoms. The number of nitrogens with zero attached hydrogens (tertiary/aromatic N) is 4. The van der Waals surface area contributed by atoms with Crippen molar-refractivity contribution in [2.75, 3.05) is 20.1 Å². The van der Waals surface area contributed by atoms with E-state index in [0.29, 0.717) is 19.0 Å². The molecule has 1 atom stereocenters. The van der Waals surface area contributed by atoms with Crippen molar-refractivity contribution in [2.45, 2.75) is 39.2 Å². The lowest BCUT2D eigenvalue weighted by Crippen LogP contribution is -2.37. The first-order valence-electron chi connectivity index (χ1n) is 10.4. The van der Waals surface area contributed by atoms with Crippen LogP contribution < -0.4 is 5.32 Å². The molecule has 0 aliphatic heterocycles. The van der Waals surface area contributed by atoms with Crippen molar-refractivity contribution in [1.82, 2.24) is 25.0 Å². The highest BCUT2D eigenvalue weighted by atomic mass is 16.2. The number of aromatic nitrogens is 3. The monoisotopic (exact) mass is 405 g/mol. The van der Waals surface area contributed by atoms with Gasteiger partial charge in [-0.05, 0) is 55.1 Å². The van der Waals surface area contributed by atoms with Crippen LogP contribution in [-0.4, -0.2) is 45.7 Å². The Kier molecular flexibility index (Phi) is 7.36. The zero-order chi connectivity index (χ0) is 21.5. The van der Waals surface area contributed by atoms with Crippen molar-refractivity contribution in [3.63, 3.8) is 0 Å². The average Bonchev–Trinajstić information content (AvgIpc) is 3.28. The second-order valence-electron chi connectivity index (χ2n) is 8.02. The Balaban J connectivity index is 1.45. The molecule has 1 heterocycles. The molecule has 0 aliphatic rings. The summed E-state index contributed by atoms with van der Waals surface area (Å²) >= 11 is 0. The van der Waals surface area contributed by atoms with Crippen LogP contribution in [0.1, 0.15) is 49.4 Å². The highest BCUT2D eigenvalue weighted by molar-refractivity contribution is 5.78. The SMILES string of the molecule is CC(C)c1ccc(CCNC(=O)CN(C)C(C)c2ccc(-n3cncn3)cc2)cc1. The second kappa shape index (κ2) is 10.2. The van der Waals surface area contributed by atoms with Gasteiger partial charge in [0.2, 0.25) is 5.91 Å². The fraction of sp³-hybridized carbons (Fsp3) is 0.375. The summed E-state index contributed by atoms with van der Waals surface area (Å²) in [4.78, 5) is 18.4. The number of benzene rings is 2. The Morgan fingerprint density at radius 3 is 2.30 bits per heavy atom. The molecule has 0 fully saturated rings. The van der Waals surface area contributed by atoms with Crippen molar-refractivity contribution >= 4 is 5.91 Å². The quantitative estimate of drug-likeness (QED) is 0.589. The molecular formula is C24H31N5O. The van der Waals surface area contributed by atoms with Crippen LogP contribution in [0.15, 0.2) is 61.2 Å². The Labute approximate surface area is 178 Å². The van der Waals surface area contributed by atoms with Gasteiger partial charge in [0.1, 0.15) is 12.7 Å². The minimum atomic E-state index is 0.0439. The summed E-state index contributed by atoms with van der Waals surface area (Å²) in [5.74, 6) is 0.581. The number of likely N-dealkylation sites (N-methyl/N-ethyl adjacent to an activating group) is 1.